The number of ether oxygens (including phenoxy) is 1. The summed E-state index contributed by atoms with van der Waals surface area (Å²) in [5.41, 5.74) is 1.57. The van der Waals surface area contributed by atoms with Crippen molar-refractivity contribution < 1.29 is 9.53 Å². The molecule has 1 fully saturated rings. The number of nitrogens with one attached hydrogen (secondary N) is 2. The van der Waals surface area contributed by atoms with Gasteiger partial charge in [-0.2, -0.15) is 0 Å². The monoisotopic (exact) mass is 417 g/mol. The van der Waals surface area contributed by atoms with Crippen LogP contribution in [0.25, 0.3) is 21.2 Å². The fourth-order valence-electron chi connectivity index (χ4n) is 3.18. The van der Waals surface area contributed by atoms with Gasteiger partial charge in [0.1, 0.15) is 11.9 Å². The number of pyridine rings is 2. The second kappa shape index (κ2) is 7.81. The molecule has 150 valence electrons. The lowest BCUT2D eigenvalue weighted by atomic mass is 10.1. The Bertz CT molecular complexity index is 1240. The highest BCUT2D eigenvalue weighted by Crippen LogP contribution is 2.29. The average molecular weight is 417 g/mol. The van der Waals surface area contributed by atoms with E-state index < -0.39 is 0 Å². The van der Waals surface area contributed by atoms with Gasteiger partial charge in [0, 0.05) is 48.7 Å². The zero-order valence-electron chi connectivity index (χ0n) is 16.3. The minimum Gasteiger partial charge on any atom is -0.472 e. The van der Waals surface area contributed by atoms with Gasteiger partial charge in [-0.1, -0.05) is 12.1 Å². The van der Waals surface area contributed by atoms with Gasteiger partial charge < -0.3 is 15.4 Å². The third kappa shape index (κ3) is 3.87. The number of aromatic nitrogens is 3. The van der Waals surface area contributed by atoms with Crippen molar-refractivity contribution in [2.24, 2.45) is 0 Å². The summed E-state index contributed by atoms with van der Waals surface area (Å²) in [4.78, 5) is 26.7. The van der Waals surface area contributed by atoms with Crippen LogP contribution < -0.4 is 15.4 Å². The molecule has 1 saturated heterocycles. The Hall–Kier alpha value is -3.36. The maximum absolute atomic E-state index is 12.7. The molecule has 0 spiro atoms. The first-order valence-electron chi connectivity index (χ1n) is 9.61. The van der Waals surface area contributed by atoms with Gasteiger partial charge in [0.15, 0.2) is 0 Å². The fourth-order valence-corrected chi connectivity index (χ4v) is 3.95. The van der Waals surface area contributed by atoms with Crippen molar-refractivity contribution in [2.75, 3.05) is 18.4 Å². The van der Waals surface area contributed by atoms with Crippen molar-refractivity contribution in [1.82, 2.24) is 20.3 Å². The molecule has 1 aliphatic heterocycles. The van der Waals surface area contributed by atoms with Crippen molar-refractivity contribution >= 4 is 33.8 Å². The van der Waals surface area contributed by atoms with Crippen LogP contribution in [0.4, 0.5) is 5.82 Å². The van der Waals surface area contributed by atoms with E-state index in [1.165, 1.54) is 0 Å². The molecule has 30 heavy (non-hydrogen) atoms. The van der Waals surface area contributed by atoms with Gasteiger partial charge in [0.2, 0.25) is 5.88 Å². The molecule has 0 radical (unpaired) electrons. The number of fused-ring (bicyclic) bond motifs is 1. The number of hydrogen-bond acceptors (Lipinski definition) is 7. The third-order valence-electron chi connectivity index (χ3n) is 4.90. The van der Waals surface area contributed by atoms with Gasteiger partial charge in [-0.3, -0.25) is 4.79 Å². The number of nitrogens with zero attached hydrogens (tertiary/aromatic N) is 3. The van der Waals surface area contributed by atoms with Gasteiger partial charge in [-0.15, -0.1) is 11.3 Å². The molecule has 4 heterocycles. The summed E-state index contributed by atoms with van der Waals surface area (Å²) in [7, 11) is 0. The number of carbonyl (C=O) groups excluding carboxylic acids is 1. The molecule has 1 aromatic carbocycles. The van der Waals surface area contributed by atoms with Crippen LogP contribution in [-0.2, 0) is 0 Å². The lowest BCUT2D eigenvalue weighted by Crippen LogP contribution is -2.50. The van der Waals surface area contributed by atoms with Gasteiger partial charge in [-0.25, -0.2) is 15.0 Å². The summed E-state index contributed by atoms with van der Waals surface area (Å²) in [6, 6.07) is 11.4. The van der Waals surface area contributed by atoms with E-state index in [1.807, 2.05) is 25.3 Å². The quantitative estimate of drug-likeness (QED) is 0.515. The number of carbonyl (C=O) groups is 1. The first-order chi connectivity index (χ1) is 14.6. The Labute approximate surface area is 177 Å². The molecule has 8 heteroatoms. The second-order valence-corrected chi connectivity index (χ2v) is 8.34. The number of amides is 1. The molecule has 0 unspecified atom stereocenters. The lowest BCUT2D eigenvalue weighted by Gasteiger charge is -2.27. The number of aryl methyl sites for hydroxylation is 1. The predicted molar refractivity (Wildman–Crippen MR) is 117 cm³/mol. The molecule has 7 nitrogen and oxygen atoms in total. The van der Waals surface area contributed by atoms with Crippen LogP contribution in [0.3, 0.4) is 0 Å². The normalized spacial score (nSPS) is 13.8. The SMILES string of the molecule is Cc1ncc(-c2ccc3cnc(NC(=O)c4ccnc(OC5CNC5)c4)cc3c2)s1. The molecule has 5 rings (SSSR count). The van der Waals surface area contributed by atoms with Crippen molar-refractivity contribution in [3.63, 3.8) is 0 Å². The number of rotatable bonds is 5. The topological polar surface area (TPSA) is 89.0 Å². The van der Waals surface area contributed by atoms with Crippen LogP contribution >= 0.6 is 11.3 Å². The Kier molecular flexibility index (Phi) is 4.86. The van der Waals surface area contributed by atoms with Gasteiger partial charge in [0.25, 0.3) is 5.91 Å². The van der Waals surface area contributed by atoms with Gasteiger partial charge in [0.05, 0.1) is 9.88 Å². The molecule has 4 aromatic rings. The Morgan fingerprint density at radius 2 is 2.00 bits per heavy atom. The number of anilines is 1. The molecule has 2 N–H and O–H groups in total. The minimum absolute atomic E-state index is 0.106. The number of thiazole rings is 1. The van der Waals surface area contributed by atoms with Crippen molar-refractivity contribution in [1.29, 1.82) is 0 Å². The first kappa shape index (κ1) is 18.7. The van der Waals surface area contributed by atoms with E-state index >= 15 is 0 Å². The van der Waals surface area contributed by atoms with Crippen molar-refractivity contribution in [2.45, 2.75) is 13.0 Å². The number of benzene rings is 1. The van der Waals surface area contributed by atoms with Crippen LogP contribution in [0.5, 0.6) is 5.88 Å². The zero-order chi connectivity index (χ0) is 20.5. The Balaban J connectivity index is 1.36. The lowest BCUT2D eigenvalue weighted by molar-refractivity contribution is 0.102. The predicted octanol–water partition coefficient (Wildman–Crippen LogP) is 3.66. The maximum atomic E-state index is 12.7. The molecular weight excluding hydrogens is 398 g/mol. The molecule has 0 atom stereocenters. The van der Waals surface area contributed by atoms with E-state index in [2.05, 4.69) is 37.7 Å². The van der Waals surface area contributed by atoms with E-state index in [-0.39, 0.29) is 12.0 Å². The van der Waals surface area contributed by atoms with E-state index in [0.29, 0.717) is 17.3 Å². The summed E-state index contributed by atoms with van der Waals surface area (Å²) >= 11 is 1.65. The molecule has 0 aliphatic carbocycles. The van der Waals surface area contributed by atoms with E-state index in [4.69, 9.17) is 4.74 Å². The summed E-state index contributed by atoms with van der Waals surface area (Å²) < 4.78 is 5.73. The minimum atomic E-state index is -0.255. The second-order valence-electron chi connectivity index (χ2n) is 7.11. The Morgan fingerprint density at radius 1 is 1.10 bits per heavy atom. The largest absolute Gasteiger partial charge is 0.472 e. The van der Waals surface area contributed by atoms with E-state index in [1.54, 1.807) is 35.9 Å². The summed E-state index contributed by atoms with van der Waals surface area (Å²) in [6.07, 6.45) is 5.33. The first-order valence-corrected chi connectivity index (χ1v) is 10.4. The van der Waals surface area contributed by atoms with Crippen molar-refractivity contribution in [3.8, 4) is 16.3 Å². The molecule has 0 bridgehead atoms. The van der Waals surface area contributed by atoms with Crippen LogP contribution in [0.15, 0.2) is 55.0 Å². The molecule has 1 aliphatic rings. The smallest absolute Gasteiger partial charge is 0.257 e. The summed E-state index contributed by atoms with van der Waals surface area (Å²) in [5, 5.41) is 9.04. The summed E-state index contributed by atoms with van der Waals surface area (Å²) in [5.74, 6) is 0.688. The number of hydrogen-bond donors (Lipinski definition) is 2. The fraction of sp³-hybridized carbons (Fsp3) is 0.182. The van der Waals surface area contributed by atoms with Gasteiger partial charge in [-0.05, 0) is 36.1 Å². The van der Waals surface area contributed by atoms with Crippen LogP contribution in [-0.4, -0.2) is 40.1 Å². The average Bonchev–Trinajstić information content (AvgIpc) is 3.17. The van der Waals surface area contributed by atoms with Gasteiger partial charge >= 0.3 is 0 Å². The van der Waals surface area contributed by atoms with Crippen LogP contribution in [0.2, 0.25) is 0 Å². The van der Waals surface area contributed by atoms with E-state index in [9.17, 15) is 4.79 Å². The summed E-state index contributed by atoms with van der Waals surface area (Å²) in [6.45, 7) is 3.58. The third-order valence-corrected chi connectivity index (χ3v) is 5.86. The maximum Gasteiger partial charge on any atom is 0.257 e. The van der Waals surface area contributed by atoms with Crippen LogP contribution in [0.1, 0.15) is 15.4 Å². The van der Waals surface area contributed by atoms with Crippen molar-refractivity contribution in [3.05, 3.63) is 65.6 Å². The highest BCUT2D eigenvalue weighted by molar-refractivity contribution is 7.15. The molecule has 1 amide bonds. The standard InChI is InChI=1S/C22H19N5O2S/c1-13-25-12-19(30-13)14-2-3-16-9-26-20(7-17(16)6-14)27-22(28)15-4-5-24-21(8-15)29-18-10-23-11-18/h2-9,12,18,23H,10-11H2,1H3,(H,26,27,28). The zero-order valence-corrected chi connectivity index (χ0v) is 17.1. The molecule has 0 saturated carbocycles. The van der Waals surface area contributed by atoms with E-state index in [0.717, 1.165) is 39.3 Å². The molecule has 3 aromatic heterocycles. The van der Waals surface area contributed by atoms with Crippen LogP contribution in [0, 0.1) is 6.92 Å². The Morgan fingerprint density at radius 3 is 2.77 bits per heavy atom. The molecular formula is C22H19N5O2S. The highest BCUT2D eigenvalue weighted by atomic mass is 32.1. The highest BCUT2D eigenvalue weighted by Gasteiger charge is 2.19.